The van der Waals surface area contributed by atoms with Crippen molar-refractivity contribution >= 4 is 23.2 Å². The lowest BCUT2D eigenvalue weighted by Gasteiger charge is -2.31. The van der Waals surface area contributed by atoms with Crippen molar-refractivity contribution in [3.05, 3.63) is 15.6 Å². The molecule has 0 saturated carbocycles. The van der Waals surface area contributed by atoms with Crippen molar-refractivity contribution in [3.63, 3.8) is 0 Å². The molecule has 1 aromatic rings. The van der Waals surface area contributed by atoms with Crippen LogP contribution in [0.25, 0.3) is 0 Å². The molecule has 6 heteroatoms. The number of thiazole rings is 1. The molecule has 2 rings (SSSR count). The first-order valence-corrected chi connectivity index (χ1v) is 9.06. The van der Waals surface area contributed by atoms with Gasteiger partial charge in [0.25, 0.3) is 0 Å². The van der Waals surface area contributed by atoms with Crippen molar-refractivity contribution in [2.45, 2.75) is 65.5 Å². The maximum atomic E-state index is 12.8. The highest BCUT2D eigenvalue weighted by Crippen LogP contribution is 2.33. The van der Waals surface area contributed by atoms with Gasteiger partial charge in [0.15, 0.2) is 0 Å². The van der Waals surface area contributed by atoms with E-state index in [0.29, 0.717) is 12.5 Å². The summed E-state index contributed by atoms with van der Waals surface area (Å²) >= 11 is 1.69. The molecule has 0 N–H and O–H groups in total. The van der Waals surface area contributed by atoms with Gasteiger partial charge in [0.1, 0.15) is 6.04 Å². The summed E-state index contributed by atoms with van der Waals surface area (Å²) < 4.78 is 0. The van der Waals surface area contributed by atoms with Gasteiger partial charge in [0.05, 0.1) is 16.7 Å². The molecule has 128 valence electrons. The minimum absolute atomic E-state index is 0.0158. The van der Waals surface area contributed by atoms with Crippen LogP contribution in [0, 0.1) is 6.92 Å². The van der Waals surface area contributed by atoms with Crippen molar-refractivity contribution in [1.82, 2.24) is 14.8 Å². The molecule has 2 heterocycles. The molecule has 1 aliphatic rings. The van der Waals surface area contributed by atoms with E-state index >= 15 is 0 Å². The van der Waals surface area contributed by atoms with Gasteiger partial charge in [0, 0.05) is 31.3 Å². The zero-order valence-corrected chi connectivity index (χ0v) is 15.7. The lowest BCUT2D eigenvalue weighted by molar-refractivity contribution is -0.143. The fraction of sp³-hybridized carbons (Fsp3) is 0.706. The molecule has 0 aliphatic carbocycles. The summed E-state index contributed by atoms with van der Waals surface area (Å²) in [6.07, 6.45) is 1.66. The molecule has 1 aromatic heterocycles. The molecule has 5 nitrogen and oxygen atoms in total. The Bertz CT molecular complexity index is 597. The standard InChI is InChI=1S/C17H27N3O2S/c1-10(2)16-18-11(3)15(23-16)12(4)19(6)17(22)14-8-7-9-20(14)13(5)21/h10,12,14H,7-9H2,1-6H3/t12-,14+/m1/s1. The van der Waals surface area contributed by atoms with Gasteiger partial charge < -0.3 is 9.80 Å². The first-order valence-electron chi connectivity index (χ1n) is 8.25. The van der Waals surface area contributed by atoms with E-state index in [1.807, 2.05) is 20.9 Å². The van der Waals surface area contributed by atoms with E-state index in [4.69, 9.17) is 0 Å². The number of rotatable bonds is 4. The molecular formula is C17H27N3O2S. The SMILES string of the molecule is CC(=O)N1CCC[C@H]1C(=O)N(C)[C@H](C)c1sc(C(C)C)nc1C. The van der Waals surface area contributed by atoms with Crippen LogP contribution in [0.1, 0.15) is 68.1 Å². The molecule has 2 amide bonds. The topological polar surface area (TPSA) is 53.5 Å². The Hall–Kier alpha value is -1.43. The highest BCUT2D eigenvalue weighted by molar-refractivity contribution is 7.11. The second-order valence-corrected chi connectivity index (χ2v) is 7.71. The average Bonchev–Trinajstić information content (AvgIpc) is 3.11. The number of likely N-dealkylation sites (tertiary alicyclic amines) is 1. The fourth-order valence-corrected chi connectivity index (χ4v) is 4.23. The first kappa shape index (κ1) is 17.9. The zero-order chi connectivity index (χ0) is 17.3. The number of aromatic nitrogens is 1. The van der Waals surface area contributed by atoms with E-state index in [1.165, 1.54) is 6.92 Å². The van der Waals surface area contributed by atoms with Crippen LogP contribution >= 0.6 is 11.3 Å². The van der Waals surface area contributed by atoms with Crippen LogP contribution in [-0.2, 0) is 9.59 Å². The largest absolute Gasteiger partial charge is 0.336 e. The molecule has 0 unspecified atom stereocenters. The van der Waals surface area contributed by atoms with Gasteiger partial charge in [-0.2, -0.15) is 0 Å². The average molecular weight is 337 g/mol. The predicted octanol–water partition coefficient (Wildman–Crippen LogP) is 3.11. The Morgan fingerprint density at radius 2 is 2.00 bits per heavy atom. The van der Waals surface area contributed by atoms with Crippen LogP contribution in [0.15, 0.2) is 0 Å². The first-order chi connectivity index (χ1) is 10.7. The van der Waals surface area contributed by atoms with Gasteiger partial charge in [-0.1, -0.05) is 13.8 Å². The van der Waals surface area contributed by atoms with E-state index in [1.54, 1.807) is 21.1 Å². The zero-order valence-electron chi connectivity index (χ0n) is 14.9. The number of hydrogen-bond acceptors (Lipinski definition) is 4. The van der Waals surface area contributed by atoms with Crippen LogP contribution in [0.5, 0.6) is 0 Å². The molecule has 1 saturated heterocycles. The number of likely N-dealkylation sites (N-methyl/N-ethyl adjacent to an activating group) is 1. The van der Waals surface area contributed by atoms with Crippen molar-refractivity contribution < 1.29 is 9.59 Å². The van der Waals surface area contributed by atoms with Gasteiger partial charge in [-0.3, -0.25) is 9.59 Å². The van der Waals surface area contributed by atoms with E-state index in [0.717, 1.165) is 28.4 Å². The summed E-state index contributed by atoms with van der Waals surface area (Å²) in [4.78, 5) is 33.8. The van der Waals surface area contributed by atoms with Crippen LogP contribution < -0.4 is 0 Å². The number of amides is 2. The Labute approximate surface area is 142 Å². The molecule has 0 aromatic carbocycles. The predicted molar refractivity (Wildman–Crippen MR) is 92.5 cm³/mol. The van der Waals surface area contributed by atoms with Gasteiger partial charge in [-0.25, -0.2) is 4.98 Å². The third kappa shape index (κ3) is 3.57. The third-order valence-corrected chi connectivity index (χ3v) is 6.22. The van der Waals surface area contributed by atoms with Crippen LogP contribution in [0.2, 0.25) is 0 Å². The lowest BCUT2D eigenvalue weighted by atomic mass is 10.1. The Morgan fingerprint density at radius 1 is 1.35 bits per heavy atom. The number of nitrogens with zero attached hydrogens (tertiary/aromatic N) is 3. The Kier molecular flexibility index (Phi) is 5.45. The molecular weight excluding hydrogens is 310 g/mol. The lowest BCUT2D eigenvalue weighted by Crippen LogP contribution is -2.46. The maximum absolute atomic E-state index is 12.8. The molecule has 23 heavy (non-hydrogen) atoms. The van der Waals surface area contributed by atoms with Gasteiger partial charge in [-0.05, 0) is 26.7 Å². The van der Waals surface area contributed by atoms with Crippen molar-refractivity contribution in [3.8, 4) is 0 Å². The molecule has 1 fully saturated rings. The second kappa shape index (κ2) is 6.99. The summed E-state index contributed by atoms with van der Waals surface area (Å²) in [6.45, 7) is 10.5. The summed E-state index contributed by atoms with van der Waals surface area (Å²) in [7, 11) is 1.83. The van der Waals surface area contributed by atoms with Gasteiger partial charge >= 0.3 is 0 Å². The van der Waals surface area contributed by atoms with E-state index in [9.17, 15) is 9.59 Å². The normalized spacial score (nSPS) is 19.3. The Balaban J connectivity index is 2.17. The summed E-state index contributed by atoms with van der Waals surface area (Å²) in [5, 5.41) is 1.11. The maximum Gasteiger partial charge on any atom is 0.245 e. The third-order valence-electron chi connectivity index (χ3n) is 4.59. The van der Waals surface area contributed by atoms with E-state index in [-0.39, 0.29) is 23.9 Å². The number of carbonyl (C=O) groups excluding carboxylic acids is 2. The van der Waals surface area contributed by atoms with Crippen molar-refractivity contribution in [2.75, 3.05) is 13.6 Å². The smallest absolute Gasteiger partial charge is 0.245 e. The van der Waals surface area contributed by atoms with Crippen LogP contribution in [0.4, 0.5) is 0 Å². The molecule has 0 radical (unpaired) electrons. The number of aryl methyl sites for hydroxylation is 1. The van der Waals surface area contributed by atoms with Crippen molar-refractivity contribution in [2.24, 2.45) is 0 Å². The van der Waals surface area contributed by atoms with Crippen LogP contribution in [0.3, 0.4) is 0 Å². The summed E-state index contributed by atoms with van der Waals surface area (Å²) in [5.74, 6) is 0.408. The molecule has 0 bridgehead atoms. The minimum atomic E-state index is -0.308. The fourth-order valence-electron chi connectivity index (χ4n) is 3.07. The number of hydrogen-bond donors (Lipinski definition) is 0. The van der Waals surface area contributed by atoms with Gasteiger partial charge in [0.2, 0.25) is 11.8 Å². The summed E-state index contributed by atoms with van der Waals surface area (Å²) in [5.41, 5.74) is 1.00. The monoisotopic (exact) mass is 337 g/mol. The molecule has 0 spiro atoms. The molecule has 2 atom stereocenters. The van der Waals surface area contributed by atoms with Gasteiger partial charge in [-0.15, -0.1) is 11.3 Å². The van der Waals surface area contributed by atoms with Crippen molar-refractivity contribution in [1.29, 1.82) is 0 Å². The number of carbonyl (C=O) groups is 2. The second-order valence-electron chi connectivity index (χ2n) is 6.65. The Morgan fingerprint density at radius 3 is 2.52 bits per heavy atom. The van der Waals surface area contributed by atoms with E-state index < -0.39 is 0 Å². The minimum Gasteiger partial charge on any atom is -0.336 e. The highest BCUT2D eigenvalue weighted by Gasteiger charge is 2.36. The summed E-state index contributed by atoms with van der Waals surface area (Å²) in [6, 6.07) is -0.334. The van der Waals surface area contributed by atoms with Crippen LogP contribution in [-0.4, -0.2) is 46.2 Å². The quantitative estimate of drug-likeness (QED) is 0.848. The molecule has 1 aliphatic heterocycles. The highest BCUT2D eigenvalue weighted by atomic mass is 32.1. The van der Waals surface area contributed by atoms with E-state index in [2.05, 4.69) is 18.8 Å².